The minimum Gasteiger partial charge on any atom is -0.302 e. The van der Waals surface area contributed by atoms with Crippen LogP contribution in [0.15, 0.2) is 12.2 Å². The quantitative estimate of drug-likeness (QED) is 0.470. The van der Waals surface area contributed by atoms with Gasteiger partial charge in [-0.3, -0.25) is 0 Å². The van der Waals surface area contributed by atoms with E-state index in [0.29, 0.717) is 5.88 Å². The molecule has 0 aromatic heterocycles. The fourth-order valence-electron chi connectivity index (χ4n) is 0.750. The van der Waals surface area contributed by atoms with Crippen molar-refractivity contribution in [3.63, 3.8) is 0 Å². The van der Waals surface area contributed by atoms with Crippen molar-refractivity contribution in [3.8, 4) is 0 Å². The fraction of sp³-hybridized carbons (Fsp3) is 0.750. The number of thioether (sulfide) groups is 1. The zero-order valence-corrected chi connectivity index (χ0v) is 8.84. The predicted molar refractivity (Wildman–Crippen MR) is 55.7 cm³/mol. The Balaban J connectivity index is 3.35. The van der Waals surface area contributed by atoms with Crippen LogP contribution in [-0.2, 0) is 0 Å². The van der Waals surface area contributed by atoms with Gasteiger partial charge in [0.2, 0.25) is 0 Å². The van der Waals surface area contributed by atoms with E-state index in [-0.39, 0.29) is 0 Å². The fourth-order valence-corrected chi connectivity index (χ4v) is 1.33. The van der Waals surface area contributed by atoms with Gasteiger partial charge in [0.1, 0.15) is 0 Å². The van der Waals surface area contributed by atoms with Gasteiger partial charge in [-0.2, -0.15) is 11.8 Å². The summed E-state index contributed by atoms with van der Waals surface area (Å²) in [6.45, 7) is 5.87. The molecular formula is C8H16ClNS. The third-order valence-corrected chi connectivity index (χ3v) is 2.33. The van der Waals surface area contributed by atoms with Crippen LogP contribution in [0, 0.1) is 0 Å². The standard InChI is InChI=1S/C8H16ClNS/c1-8(6-9)7-10(2)4-5-11-3/h1,4-7H2,2-3H3. The van der Waals surface area contributed by atoms with Crippen LogP contribution in [0.3, 0.4) is 0 Å². The van der Waals surface area contributed by atoms with Crippen LogP contribution in [0.4, 0.5) is 0 Å². The topological polar surface area (TPSA) is 3.24 Å². The summed E-state index contributed by atoms with van der Waals surface area (Å²) < 4.78 is 0. The van der Waals surface area contributed by atoms with Gasteiger partial charge in [0.05, 0.1) is 0 Å². The molecule has 0 spiro atoms. The zero-order valence-electron chi connectivity index (χ0n) is 7.27. The summed E-state index contributed by atoms with van der Waals surface area (Å²) >= 11 is 7.46. The smallest absolute Gasteiger partial charge is 0.0443 e. The molecule has 66 valence electrons. The van der Waals surface area contributed by atoms with Crippen molar-refractivity contribution in [2.75, 3.05) is 38.0 Å². The molecule has 0 saturated carbocycles. The van der Waals surface area contributed by atoms with Gasteiger partial charge in [0, 0.05) is 24.7 Å². The van der Waals surface area contributed by atoms with Gasteiger partial charge < -0.3 is 4.90 Å². The van der Waals surface area contributed by atoms with Gasteiger partial charge >= 0.3 is 0 Å². The monoisotopic (exact) mass is 193 g/mol. The van der Waals surface area contributed by atoms with Crippen molar-refractivity contribution in [2.45, 2.75) is 0 Å². The van der Waals surface area contributed by atoms with E-state index in [1.165, 1.54) is 5.75 Å². The Morgan fingerprint density at radius 1 is 1.64 bits per heavy atom. The molecule has 0 heterocycles. The van der Waals surface area contributed by atoms with Gasteiger partial charge in [-0.1, -0.05) is 6.58 Å². The van der Waals surface area contributed by atoms with Crippen molar-refractivity contribution in [3.05, 3.63) is 12.2 Å². The van der Waals surface area contributed by atoms with Crippen LogP contribution >= 0.6 is 23.4 Å². The summed E-state index contributed by atoms with van der Waals surface area (Å²) in [6, 6.07) is 0. The van der Waals surface area contributed by atoms with Crippen molar-refractivity contribution in [1.29, 1.82) is 0 Å². The molecule has 0 radical (unpaired) electrons. The van der Waals surface area contributed by atoms with Crippen molar-refractivity contribution in [1.82, 2.24) is 4.90 Å². The number of halogens is 1. The second-order valence-electron chi connectivity index (χ2n) is 2.61. The first kappa shape index (κ1) is 11.3. The number of rotatable bonds is 6. The summed E-state index contributed by atoms with van der Waals surface area (Å²) in [5.41, 5.74) is 1.09. The van der Waals surface area contributed by atoms with Gasteiger partial charge in [-0.15, -0.1) is 11.6 Å². The van der Waals surface area contributed by atoms with E-state index < -0.39 is 0 Å². The highest BCUT2D eigenvalue weighted by Gasteiger charge is 1.98. The van der Waals surface area contributed by atoms with Crippen molar-refractivity contribution in [2.24, 2.45) is 0 Å². The van der Waals surface area contributed by atoms with Crippen molar-refractivity contribution < 1.29 is 0 Å². The minimum absolute atomic E-state index is 0.573. The molecule has 0 atom stereocenters. The number of likely N-dealkylation sites (N-methyl/N-ethyl adjacent to an activating group) is 1. The van der Waals surface area contributed by atoms with E-state index >= 15 is 0 Å². The Morgan fingerprint density at radius 2 is 2.27 bits per heavy atom. The van der Waals surface area contributed by atoms with E-state index in [1.54, 1.807) is 0 Å². The summed E-state index contributed by atoms with van der Waals surface area (Å²) in [4.78, 5) is 2.24. The average Bonchev–Trinajstić information content (AvgIpc) is 2.00. The molecule has 0 N–H and O–H groups in total. The Labute approximate surface area is 78.8 Å². The molecule has 0 aromatic rings. The number of hydrogen-bond acceptors (Lipinski definition) is 2. The number of alkyl halides is 1. The van der Waals surface area contributed by atoms with E-state index in [9.17, 15) is 0 Å². The first-order valence-electron chi connectivity index (χ1n) is 3.60. The molecule has 0 unspecified atom stereocenters. The summed E-state index contributed by atoms with van der Waals surface area (Å²) in [7, 11) is 2.09. The van der Waals surface area contributed by atoms with Gasteiger partial charge in [0.25, 0.3) is 0 Å². The van der Waals surface area contributed by atoms with Crippen LogP contribution in [-0.4, -0.2) is 42.9 Å². The Bertz CT molecular complexity index is 117. The third kappa shape index (κ3) is 6.73. The zero-order chi connectivity index (χ0) is 8.69. The summed E-state index contributed by atoms with van der Waals surface area (Å²) in [5, 5.41) is 0. The Hall–Kier alpha value is 0.340. The molecule has 11 heavy (non-hydrogen) atoms. The lowest BCUT2D eigenvalue weighted by molar-refractivity contribution is 0.387. The first-order chi connectivity index (χ1) is 5.20. The largest absolute Gasteiger partial charge is 0.302 e. The molecule has 1 nitrogen and oxygen atoms in total. The molecule has 0 amide bonds. The highest BCUT2D eigenvalue weighted by molar-refractivity contribution is 7.98. The average molecular weight is 194 g/mol. The van der Waals surface area contributed by atoms with Crippen molar-refractivity contribution >= 4 is 23.4 Å². The second kappa shape index (κ2) is 7.01. The van der Waals surface area contributed by atoms with Crippen LogP contribution in [0.1, 0.15) is 0 Å². The normalized spacial score (nSPS) is 10.5. The van der Waals surface area contributed by atoms with Gasteiger partial charge in [-0.05, 0) is 18.9 Å². The van der Waals surface area contributed by atoms with E-state index in [4.69, 9.17) is 11.6 Å². The molecule has 3 heteroatoms. The summed E-state index contributed by atoms with van der Waals surface area (Å²) in [5.74, 6) is 1.75. The third-order valence-electron chi connectivity index (χ3n) is 1.36. The van der Waals surface area contributed by atoms with E-state index in [1.807, 2.05) is 11.8 Å². The molecule has 0 saturated heterocycles. The SMILES string of the molecule is C=C(CCl)CN(C)CCSC. The molecule has 0 aliphatic carbocycles. The van der Waals surface area contributed by atoms with Gasteiger partial charge in [0.15, 0.2) is 0 Å². The lowest BCUT2D eigenvalue weighted by Gasteiger charge is -2.15. The summed E-state index contributed by atoms with van der Waals surface area (Å²) in [6.07, 6.45) is 2.12. The maximum Gasteiger partial charge on any atom is 0.0443 e. The molecule has 0 bridgehead atoms. The molecule has 0 aliphatic heterocycles. The predicted octanol–water partition coefficient (Wildman–Crippen LogP) is 2.08. The maximum atomic E-state index is 5.60. The highest BCUT2D eigenvalue weighted by atomic mass is 35.5. The van der Waals surface area contributed by atoms with Crippen LogP contribution in [0.2, 0.25) is 0 Å². The first-order valence-corrected chi connectivity index (χ1v) is 5.53. The maximum absolute atomic E-state index is 5.60. The van der Waals surface area contributed by atoms with Gasteiger partial charge in [-0.25, -0.2) is 0 Å². The second-order valence-corrected chi connectivity index (χ2v) is 3.87. The lowest BCUT2D eigenvalue weighted by Crippen LogP contribution is -2.23. The molecular weight excluding hydrogens is 178 g/mol. The van der Waals surface area contributed by atoms with E-state index in [2.05, 4.69) is 24.8 Å². The Morgan fingerprint density at radius 3 is 2.73 bits per heavy atom. The van der Waals surface area contributed by atoms with Crippen LogP contribution in [0.25, 0.3) is 0 Å². The number of nitrogens with zero attached hydrogens (tertiary/aromatic N) is 1. The molecule has 0 rings (SSSR count). The Kier molecular flexibility index (Phi) is 7.23. The molecule has 0 aromatic carbocycles. The highest BCUT2D eigenvalue weighted by Crippen LogP contribution is 1.98. The van der Waals surface area contributed by atoms with E-state index in [0.717, 1.165) is 18.7 Å². The lowest BCUT2D eigenvalue weighted by atomic mass is 10.3. The van der Waals surface area contributed by atoms with Crippen LogP contribution < -0.4 is 0 Å². The number of hydrogen-bond donors (Lipinski definition) is 0. The molecule has 0 fully saturated rings. The molecule has 0 aliphatic rings. The van der Waals surface area contributed by atoms with Crippen LogP contribution in [0.5, 0.6) is 0 Å². The minimum atomic E-state index is 0.573.